The summed E-state index contributed by atoms with van der Waals surface area (Å²) in [5, 5.41) is 29.8. The van der Waals surface area contributed by atoms with Crippen molar-refractivity contribution in [3.63, 3.8) is 0 Å². The van der Waals surface area contributed by atoms with Gasteiger partial charge in [0.25, 0.3) is 5.69 Å². The third-order valence-electron chi connectivity index (χ3n) is 2.01. The maximum absolute atomic E-state index is 10.8. The number of nitrogens with zero attached hydrogens (tertiary/aromatic N) is 5. The molecule has 0 aliphatic rings. The van der Waals surface area contributed by atoms with E-state index in [0.717, 1.165) is 10.7 Å². The number of hydrogen-bond donors (Lipinski definition) is 1. The van der Waals surface area contributed by atoms with Crippen LogP contribution in [0.4, 0.5) is 5.69 Å². The maximum atomic E-state index is 10.8. The van der Waals surface area contributed by atoms with Gasteiger partial charge in [0.1, 0.15) is 12.0 Å². The fourth-order valence-electron chi connectivity index (χ4n) is 1.27. The summed E-state index contributed by atoms with van der Waals surface area (Å²) in [4.78, 5) is 20.8. The first-order chi connectivity index (χ1) is 8.09. The quantitative estimate of drug-likeness (QED) is 0.597. The van der Waals surface area contributed by atoms with Crippen LogP contribution in [0, 0.1) is 10.1 Å². The van der Waals surface area contributed by atoms with Crippen molar-refractivity contribution in [3.8, 4) is 5.69 Å². The van der Waals surface area contributed by atoms with Gasteiger partial charge in [-0.3, -0.25) is 10.1 Å². The Labute approximate surface area is 93.4 Å². The van der Waals surface area contributed by atoms with Crippen LogP contribution >= 0.6 is 0 Å². The molecule has 9 heteroatoms. The van der Waals surface area contributed by atoms with E-state index < -0.39 is 10.9 Å². The predicted octanol–water partition coefficient (Wildman–Crippen LogP) is 0.269. The van der Waals surface area contributed by atoms with Gasteiger partial charge in [-0.05, 0) is 22.6 Å². The zero-order chi connectivity index (χ0) is 12.4. The fraction of sp³-hybridized carbons (Fsp3) is 0. The molecule has 0 radical (unpaired) electrons. The molecule has 1 N–H and O–H groups in total. The number of tetrazole rings is 1. The molecule has 17 heavy (non-hydrogen) atoms. The van der Waals surface area contributed by atoms with Crippen LogP contribution in [0.5, 0.6) is 0 Å². The molecule has 2 rings (SSSR count). The molecular weight excluding hydrogens is 230 g/mol. The van der Waals surface area contributed by atoms with Crippen molar-refractivity contribution in [1.82, 2.24) is 20.2 Å². The maximum Gasteiger partial charge on any atom is 0.335 e. The van der Waals surface area contributed by atoms with Crippen molar-refractivity contribution in [2.24, 2.45) is 0 Å². The third kappa shape index (κ3) is 1.93. The minimum atomic E-state index is -1.24. The van der Waals surface area contributed by atoms with Gasteiger partial charge < -0.3 is 5.11 Å². The van der Waals surface area contributed by atoms with Gasteiger partial charge in [-0.15, -0.1) is 5.10 Å². The summed E-state index contributed by atoms with van der Waals surface area (Å²) in [5.74, 6) is -1.24. The number of carboxylic acid groups (broad SMARTS) is 1. The van der Waals surface area contributed by atoms with Gasteiger partial charge in [-0.25, -0.2) is 4.79 Å². The molecule has 1 heterocycles. The summed E-state index contributed by atoms with van der Waals surface area (Å²) in [6.07, 6.45) is 1.18. The lowest BCUT2D eigenvalue weighted by Crippen LogP contribution is -2.04. The highest BCUT2D eigenvalue weighted by atomic mass is 16.6. The molecule has 0 aliphatic carbocycles. The van der Waals surface area contributed by atoms with Crippen LogP contribution in [0.3, 0.4) is 0 Å². The monoisotopic (exact) mass is 235 g/mol. The molecule has 9 nitrogen and oxygen atoms in total. The first-order valence-corrected chi connectivity index (χ1v) is 4.34. The van der Waals surface area contributed by atoms with Gasteiger partial charge in [-0.2, -0.15) is 4.68 Å². The van der Waals surface area contributed by atoms with Gasteiger partial charge >= 0.3 is 5.97 Å². The lowest BCUT2D eigenvalue weighted by Gasteiger charge is -2.02. The molecule has 0 aliphatic heterocycles. The normalized spacial score (nSPS) is 10.1. The average molecular weight is 235 g/mol. The van der Waals surface area contributed by atoms with Crippen molar-refractivity contribution < 1.29 is 14.8 Å². The Morgan fingerprint density at radius 2 is 2.24 bits per heavy atom. The van der Waals surface area contributed by atoms with Gasteiger partial charge in [0.15, 0.2) is 0 Å². The van der Waals surface area contributed by atoms with Crippen molar-refractivity contribution in [2.75, 3.05) is 0 Å². The number of aromatic nitrogens is 4. The fourth-order valence-corrected chi connectivity index (χ4v) is 1.27. The van der Waals surface area contributed by atoms with Crippen molar-refractivity contribution in [1.29, 1.82) is 0 Å². The van der Waals surface area contributed by atoms with E-state index in [1.807, 2.05) is 0 Å². The van der Waals surface area contributed by atoms with Crippen molar-refractivity contribution in [2.45, 2.75) is 0 Å². The second kappa shape index (κ2) is 3.96. The molecule has 0 amide bonds. The summed E-state index contributed by atoms with van der Waals surface area (Å²) in [6, 6.07) is 3.48. The Bertz CT molecular complexity index is 580. The van der Waals surface area contributed by atoms with E-state index >= 15 is 0 Å². The third-order valence-corrected chi connectivity index (χ3v) is 2.01. The Morgan fingerprint density at radius 3 is 2.76 bits per heavy atom. The van der Waals surface area contributed by atoms with E-state index in [0.29, 0.717) is 0 Å². The molecule has 1 aromatic heterocycles. The van der Waals surface area contributed by atoms with Gasteiger partial charge in [0.05, 0.1) is 10.5 Å². The van der Waals surface area contributed by atoms with E-state index in [4.69, 9.17) is 5.11 Å². The van der Waals surface area contributed by atoms with E-state index in [2.05, 4.69) is 15.5 Å². The van der Waals surface area contributed by atoms with E-state index in [1.54, 1.807) is 0 Å². The molecule has 0 unspecified atom stereocenters. The van der Waals surface area contributed by atoms with Gasteiger partial charge in [-0.1, -0.05) is 0 Å². The Hall–Kier alpha value is -2.84. The standard InChI is InChI=1S/C8H5N5O4/c14-8(15)5-1-2-6(7(3-5)13(16)17)12-4-9-10-11-12/h1-4H,(H,14,15). The summed E-state index contributed by atoms with van der Waals surface area (Å²) in [5.41, 5.74) is -0.448. The molecule has 0 bridgehead atoms. The van der Waals surface area contributed by atoms with Gasteiger partial charge in [0, 0.05) is 6.07 Å². The van der Waals surface area contributed by atoms with Crippen LogP contribution in [-0.2, 0) is 0 Å². The number of nitro groups is 1. The average Bonchev–Trinajstić information content (AvgIpc) is 2.81. The van der Waals surface area contributed by atoms with Crippen LogP contribution in [-0.4, -0.2) is 36.2 Å². The van der Waals surface area contributed by atoms with E-state index in [1.165, 1.54) is 18.5 Å². The number of benzene rings is 1. The number of hydrogen-bond acceptors (Lipinski definition) is 6. The molecular formula is C8H5N5O4. The second-order valence-electron chi connectivity index (χ2n) is 3.02. The highest BCUT2D eigenvalue weighted by molar-refractivity contribution is 5.89. The lowest BCUT2D eigenvalue weighted by atomic mass is 10.2. The zero-order valence-corrected chi connectivity index (χ0v) is 8.22. The smallest absolute Gasteiger partial charge is 0.335 e. The van der Waals surface area contributed by atoms with Crippen LogP contribution < -0.4 is 0 Å². The number of nitro benzene ring substituents is 1. The van der Waals surface area contributed by atoms with Gasteiger partial charge in [0.2, 0.25) is 0 Å². The topological polar surface area (TPSA) is 124 Å². The minimum absolute atomic E-state index is 0.102. The van der Waals surface area contributed by atoms with Crippen molar-refractivity contribution in [3.05, 3.63) is 40.2 Å². The van der Waals surface area contributed by atoms with Crippen LogP contribution in [0.1, 0.15) is 10.4 Å². The highest BCUT2D eigenvalue weighted by Gasteiger charge is 2.19. The Morgan fingerprint density at radius 1 is 1.47 bits per heavy atom. The second-order valence-corrected chi connectivity index (χ2v) is 3.02. The van der Waals surface area contributed by atoms with Crippen LogP contribution in [0.2, 0.25) is 0 Å². The summed E-state index contributed by atoms with van der Waals surface area (Å²) in [6.45, 7) is 0. The van der Waals surface area contributed by atoms with Crippen LogP contribution in [0.25, 0.3) is 5.69 Å². The number of aromatic carboxylic acids is 1. The summed E-state index contributed by atoms with van der Waals surface area (Å²) < 4.78 is 1.09. The molecule has 0 atom stereocenters. The molecule has 2 aromatic rings. The number of carboxylic acids is 1. The largest absolute Gasteiger partial charge is 0.478 e. The zero-order valence-electron chi connectivity index (χ0n) is 8.22. The summed E-state index contributed by atoms with van der Waals surface area (Å²) >= 11 is 0. The summed E-state index contributed by atoms with van der Waals surface area (Å²) in [7, 11) is 0. The van der Waals surface area contributed by atoms with Crippen LogP contribution in [0.15, 0.2) is 24.5 Å². The Kier molecular flexibility index (Phi) is 2.49. The predicted molar refractivity (Wildman–Crippen MR) is 52.8 cm³/mol. The molecule has 1 aromatic carbocycles. The number of carbonyl (C=O) groups is 1. The van der Waals surface area contributed by atoms with E-state index in [9.17, 15) is 14.9 Å². The SMILES string of the molecule is O=C(O)c1ccc(-n2cnnn2)c([N+](=O)[O-])c1. The number of rotatable bonds is 3. The molecule has 0 spiro atoms. The lowest BCUT2D eigenvalue weighted by molar-refractivity contribution is -0.384. The van der Waals surface area contributed by atoms with Crippen molar-refractivity contribution >= 4 is 11.7 Å². The molecule has 0 saturated carbocycles. The first-order valence-electron chi connectivity index (χ1n) is 4.34. The van der Waals surface area contributed by atoms with E-state index in [-0.39, 0.29) is 16.9 Å². The highest BCUT2D eigenvalue weighted by Crippen LogP contribution is 2.23. The molecule has 0 fully saturated rings. The minimum Gasteiger partial charge on any atom is -0.478 e. The molecule has 0 saturated heterocycles. The Balaban J connectivity index is 2.61. The first kappa shape index (κ1) is 10.7. The molecule has 86 valence electrons.